The number of carbonyl (C=O) groups excluding carboxylic acids is 2. The van der Waals surface area contributed by atoms with Crippen molar-refractivity contribution in [1.82, 2.24) is 10.2 Å². The topological polar surface area (TPSA) is 71.8 Å². The Hall–Kier alpha value is -1.82. The van der Waals surface area contributed by atoms with Crippen LogP contribution in [0, 0.1) is 0 Å². The van der Waals surface area contributed by atoms with E-state index in [1.807, 2.05) is 13.8 Å². The van der Waals surface area contributed by atoms with Crippen LogP contribution in [0.25, 0.3) is 0 Å². The maximum absolute atomic E-state index is 11.7. The first-order chi connectivity index (χ1) is 9.12. The lowest BCUT2D eigenvalue weighted by Crippen LogP contribution is -2.37. The molecule has 0 saturated carbocycles. The molecule has 0 fully saturated rings. The molecule has 0 aliphatic rings. The van der Waals surface area contributed by atoms with Gasteiger partial charge in [0.2, 0.25) is 5.91 Å². The molecule has 106 valence electrons. The minimum absolute atomic E-state index is 0.0461. The summed E-state index contributed by atoms with van der Waals surface area (Å²) in [7, 11) is 1.32. The molecule has 6 nitrogen and oxygen atoms in total. The van der Waals surface area contributed by atoms with E-state index in [0.717, 1.165) is 0 Å². The van der Waals surface area contributed by atoms with Crippen LogP contribution in [0.15, 0.2) is 16.7 Å². The molecule has 0 unspecified atom stereocenters. The number of nitrogens with zero attached hydrogens (tertiary/aromatic N) is 1. The molecule has 0 aliphatic carbocycles. The molecule has 6 heteroatoms. The van der Waals surface area contributed by atoms with Crippen molar-refractivity contribution in [2.45, 2.75) is 20.4 Å². The van der Waals surface area contributed by atoms with Crippen molar-refractivity contribution in [3.63, 3.8) is 0 Å². The van der Waals surface area contributed by atoms with E-state index >= 15 is 0 Å². The van der Waals surface area contributed by atoms with Crippen LogP contribution in [0.4, 0.5) is 0 Å². The van der Waals surface area contributed by atoms with E-state index in [1.54, 1.807) is 11.0 Å². The minimum atomic E-state index is -0.436. The van der Waals surface area contributed by atoms with Gasteiger partial charge in [-0.15, -0.1) is 0 Å². The van der Waals surface area contributed by atoms with Gasteiger partial charge in [0.15, 0.2) is 0 Å². The average molecular weight is 268 g/mol. The van der Waals surface area contributed by atoms with Gasteiger partial charge in [-0.05, 0) is 19.9 Å². The van der Waals surface area contributed by atoms with Crippen molar-refractivity contribution >= 4 is 11.9 Å². The number of hydrogen-bond acceptors (Lipinski definition) is 5. The molecule has 1 aromatic rings. The molecule has 0 aromatic carbocycles. The fourth-order valence-corrected chi connectivity index (χ4v) is 1.68. The molecule has 0 saturated heterocycles. The summed E-state index contributed by atoms with van der Waals surface area (Å²) in [5.41, 5.74) is 0.370. The van der Waals surface area contributed by atoms with E-state index in [1.165, 1.54) is 13.4 Å². The molecule has 1 amide bonds. The third-order valence-electron chi connectivity index (χ3n) is 2.77. The molecule has 1 N–H and O–H groups in total. The molecule has 0 bridgehead atoms. The second-order valence-electron chi connectivity index (χ2n) is 3.96. The van der Waals surface area contributed by atoms with Crippen molar-refractivity contribution in [1.29, 1.82) is 0 Å². The first kappa shape index (κ1) is 15.2. The molecule has 1 heterocycles. The zero-order chi connectivity index (χ0) is 14.3. The second kappa shape index (κ2) is 7.58. The Kier molecular flexibility index (Phi) is 6.08. The third kappa shape index (κ3) is 4.40. The van der Waals surface area contributed by atoms with Crippen LogP contribution in [0.2, 0.25) is 0 Å². The number of ether oxygens (including phenoxy) is 1. The number of rotatable bonds is 7. The third-order valence-corrected chi connectivity index (χ3v) is 2.77. The SMILES string of the molecule is CCN(CC)C(=O)CNCc1cc(C(=O)OC)co1. The monoisotopic (exact) mass is 268 g/mol. The Bertz CT molecular complexity index is 424. The normalized spacial score (nSPS) is 10.3. The van der Waals surface area contributed by atoms with Gasteiger partial charge >= 0.3 is 5.97 Å². The van der Waals surface area contributed by atoms with Gasteiger partial charge < -0.3 is 19.4 Å². The Labute approximate surface area is 112 Å². The van der Waals surface area contributed by atoms with Crippen molar-refractivity contribution in [3.8, 4) is 0 Å². The van der Waals surface area contributed by atoms with Crippen LogP contribution in [-0.2, 0) is 16.1 Å². The Balaban J connectivity index is 2.39. The fourth-order valence-electron chi connectivity index (χ4n) is 1.68. The quantitative estimate of drug-likeness (QED) is 0.748. The van der Waals surface area contributed by atoms with Crippen molar-refractivity contribution < 1.29 is 18.7 Å². The van der Waals surface area contributed by atoms with Gasteiger partial charge in [0.05, 0.1) is 25.8 Å². The van der Waals surface area contributed by atoms with E-state index in [-0.39, 0.29) is 12.5 Å². The minimum Gasteiger partial charge on any atom is -0.467 e. The number of methoxy groups -OCH3 is 1. The first-order valence-electron chi connectivity index (χ1n) is 6.26. The number of nitrogens with one attached hydrogen (secondary N) is 1. The fraction of sp³-hybridized carbons (Fsp3) is 0.538. The summed E-state index contributed by atoms with van der Waals surface area (Å²) in [5, 5.41) is 2.98. The van der Waals surface area contributed by atoms with E-state index < -0.39 is 5.97 Å². The summed E-state index contributed by atoms with van der Waals surface area (Å²) in [6, 6.07) is 1.60. The summed E-state index contributed by atoms with van der Waals surface area (Å²) >= 11 is 0. The lowest BCUT2D eigenvalue weighted by Gasteiger charge is -2.18. The van der Waals surface area contributed by atoms with E-state index in [9.17, 15) is 9.59 Å². The molecular weight excluding hydrogens is 248 g/mol. The van der Waals surface area contributed by atoms with Crippen LogP contribution >= 0.6 is 0 Å². The van der Waals surface area contributed by atoms with Gasteiger partial charge in [0, 0.05) is 13.1 Å². The van der Waals surface area contributed by atoms with E-state index in [2.05, 4.69) is 10.1 Å². The van der Waals surface area contributed by atoms with Gasteiger partial charge in [0.1, 0.15) is 12.0 Å². The Morgan fingerprint density at radius 1 is 1.37 bits per heavy atom. The zero-order valence-corrected chi connectivity index (χ0v) is 11.6. The zero-order valence-electron chi connectivity index (χ0n) is 11.6. The summed E-state index contributed by atoms with van der Waals surface area (Å²) in [6.07, 6.45) is 1.34. The van der Waals surface area contributed by atoms with Gasteiger partial charge in [-0.2, -0.15) is 0 Å². The number of carbonyl (C=O) groups is 2. The smallest absolute Gasteiger partial charge is 0.341 e. The maximum Gasteiger partial charge on any atom is 0.341 e. The Morgan fingerprint density at radius 3 is 2.63 bits per heavy atom. The number of furan rings is 1. The Morgan fingerprint density at radius 2 is 2.05 bits per heavy atom. The summed E-state index contributed by atoms with van der Waals surface area (Å²) < 4.78 is 9.77. The van der Waals surface area contributed by atoms with Gasteiger partial charge in [-0.1, -0.05) is 0 Å². The van der Waals surface area contributed by atoms with Crippen LogP contribution in [0.1, 0.15) is 30.0 Å². The number of amides is 1. The molecule has 0 spiro atoms. The predicted octanol–water partition coefficient (Wildman–Crippen LogP) is 1.02. The highest BCUT2D eigenvalue weighted by Crippen LogP contribution is 2.08. The lowest BCUT2D eigenvalue weighted by atomic mass is 10.3. The van der Waals surface area contributed by atoms with Crippen molar-refractivity contribution in [3.05, 3.63) is 23.7 Å². The highest BCUT2D eigenvalue weighted by atomic mass is 16.5. The lowest BCUT2D eigenvalue weighted by molar-refractivity contribution is -0.129. The maximum atomic E-state index is 11.7. The molecule has 0 radical (unpaired) electrons. The van der Waals surface area contributed by atoms with E-state index in [0.29, 0.717) is 31.0 Å². The largest absolute Gasteiger partial charge is 0.467 e. The standard InChI is InChI=1S/C13H20N2O4/c1-4-15(5-2)12(16)8-14-7-11-6-10(9-19-11)13(17)18-3/h6,9,14H,4-5,7-8H2,1-3H3. The van der Waals surface area contributed by atoms with Gasteiger partial charge in [-0.25, -0.2) is 4.79 Å². The van der Waals surface area contributed by atoms with Gasteiger partial charge in [-0.3, -0.25) is 4.79 Å². The molecular formula is C13H20N2O4. The summed E-state index contributed by atoms with van der Waals surface area (Å²) in [5.74, 6) is 0.201. The molecule has 0 atom stereocenters. The van der Waals surface area contributed by atoms with Crippen LogP contribution in [0.3, 0.4) is 0 Å². The number of hydrogen-bond donors (Lipinski definition) is 1. The van der Waals surface area contributed by atoms with Gasteiger partial charge in [0.25, 0.3) is 0 Å². The summed E-state index contributed by atoms with van der Waals surface area (Å²) in [6.45, 7) is 5.92. The van der Waals surface area contributed by atoms with E-state index in [4.69, 9.17) is 4.42 Å². The van der Waals surface area contributed by atoms with Crippen molar-refractivity contribution in [2.75, 3.05) is 26.7 Å². The molecule has 1 rings (SSSR count). The summed E-state index contributed by atoms with van der Waals surface area (Å²) in [4.78, 5) is 24.7. The molecule has 19 heavy (non-hydrogen) atoms. The number of likely N-dealkylation sites (N-methyl/N-ethyl adjacent to an activating group) is 1. The highest BCUT2D eigenvalue weighted by molar-refractivity contribution is 5.88. The average Bonchev–Trinajstić information content (AvgIpc) is 2.88. The van der Waals surface area contributed by atoms with Crippen molar-refractivity contribution in [2.24, 2.45) is 0 Å². The molecule has 0 aliphatic heterocycles. The number of esters is 1. The first-order valence-corrected chi connectivity index (χ1v) is 6.26. The molecule has 1 aromatic heterocycles. The van der Waals surface area contributed by atoms with Crippen LogP contribution < -0.4 is 5.32 Å². The van der Waals surface area contributed by atoms with Crippen LogP contribution in [-0.4, -0.2) is 43.5 Å². The second-order valence-corrected chi connectivity index (χ2v) is 3.96. The predicted molar refractivity (Wildman–Crippen MR) is 69.7 cm³/mol. The van der Waals surface area contributed by atoms with Crippen LogP contribution in [0.5, 0.6) is 0 Å². The highest BCUT2D eigenvalue weighted by Gasteiger charge is 2.11.